The lowest BCUT2D eigenvalue weighted by molar-refractivity contribution is 1.09. The molecule has 0 saturated heterocycles. The molecule has 0 bridgehead atoms. The number of fused-ring (bicyclic) bond motifs is 2. The van der Waals surface area contributed by atoms with Gasteiger partial charge in [0.25, 0.3) is 0 Å². The van der Waals surface area contributed by atoms with Gasteiger partial charge in [0.15, 0.2) is 17.5 Å². The molecule has 4 heterocycles. The molecule has 0 amide bonds. The largest absolute Gasteiger partial charge is 0.305 e. The van der Waals surface area contributed by atoms with Gasteiger partial charge in [0, 0.05) is 56.1 Å². The van der Waals surface area contributed by atoms with Crippen LogP contribution in [0.4, 0.5) is 34.3 Å². The van der Waals surface area contributed by atoms with Crippen LogP contribution in [0.5, 0.6) is 0 Å². The molecule has 0 saturated carbocycles. The molecule has 8 heteroatoms. The Hall–Kier alpha value is -11.0. The molecule has 0 fully saturated rings. The Morgan fingerprint density at radius 1 is 0.253 bits per heavy atom. The van der Waals surface area contributed by atoms with Gasteiger partial charge < -0.3 is 4.90 Å². The summed E-state index contributed by atoms with van der Waals surface area (Å²) in [5.41, 5.74) is 21.7. The maximum absolute atomic E-state index is 5.67. The van der Waals surface area contributed by atoms with Crippen molar-refractivity contribution in [3.8, 4) is 102 Å². The fraction of sp³-hybridized carbons (Fsp3) is 0.0400. The van der Waals surface area contributed by atoms with Crippen molar-refractivity contribution in [3.05, 3.63) is 290 Å². The highest BCUT2D eigenvalue weighted by Crippen LogP contribution is 2.58. The zero-order valence-electron chi connectivity index (χ0n) is 46.1. The van der Waals surface area contributed by atoms with Crippen molar-refractivity contribution in [2.45, 2.75) is 20.8 Å². The maximum Gasteiger partial charge on any atom is 0.162 e. The van der Waals surface area contributed by atoms with Crippen LogP contribution >= 0.6 is 0 Å². The molecule has 13 aromatic rings. The lowest BCUT2D eigenvalue weighted by Crippen LogP contribution is -2.25. The summed E-state index contributed by atoms with van der Waals surface area (Å²) in [7, 11) is 0. The predicted octanol–water partition coefficient (Wildman–Crippen LogP) is 19.2. The third kappa shape index (κ3) is 9.68. The summed E-state index contributed by atoms with van der Waals surface area (Å²) in [6.07, 6.45) is 0. The van der Waals surface area contributed by atoms with Crippen molar-refractivity contribution < 1.29 is 0 Å². The first kappa shape index (κ1) is 50.3. The first-order chi connectivity index (χ1) is 40.9. The molecule has 0 spiro atoms. The molecule has 0 atom stereocenters. The summed E-state index contributed by atoms with van der Waals surface area (Å²) in [6, 6.07) is 94.7. The van der Waals surface area contributed by atoms with Crippen LogP contribution in [0.1, 0.15) is 16.7 Å². The van der Waals surface area contributed by atoms with Crippen molar-refractivity contribution in [2.24, 2.45) is 0 Å². The Balaban J connectivity index is 1.10. The lowest BCUT2D eigenvalue weighted by atomic mass is 9.87. The fourth-order valence-electron chi connectivity index (χ4n) is 11.6. The lowest BCUT2D eigenvalue weighted by Gasteiger charge is -2.41. The molecular weight excluding hydrogens is 1010 g/mol. The number of hydrogen-bond acceptors (Lipinski definition) is 8. The van der Waals surface area contributed by atoms with E-state index in [1.54, 1.807) is 0 Å². The molecule has 10 aromatic carbocycles. The Labute approximate surface area is 483 Å². The van der Waals surface area contributed by atoms with Crippen LogP contribution in [0.2, 0.25) is 0 Å². The van der Waals surface area contributed by atoms with E-state index in [9.17, 15) is 0 Å². The number of benzene rings is 10. The summed E-state index contributed by atoms with van der Waals surface area (Å²) in [4.78, 5) is 37.5. The normalized spacial score (nSPS) is 11.7. The summed E-state index contributed by atoms with van der Waals surface area (Å²) in [5.74, 6) is 2.54. The van der Waals surface area contributed by atoms with E-state index >= 15 is 0 Å². The molecule has 14 rings (SSSR count). The summed E-state index contributed by atoms with van der Waals surface area (Å²) in [5, 5.41) is 0. The topological polar surface area (TPSA) is 83.8 Å². The minimum atomic E-state index is 0.555. The molecule has 0 aliphatic carbocycles. The molecule has 8 nitrogen and oxygen atoms in total. The van der Waals surface area contributed by atoms with Gasteiger partial charge in [-0.2, -0.15) is 0 Å². The molecule has 0 unspecified atom stereocenters. The van der Waals surface area contributed by atoms with Crippen molar-refractivity contribution in [2.75, 3.05) is 9.80 Å². The van der Waals surface area contributed by atoms with Gasteiger partial charge in [-0.3, -0.25) is 4.90 Å². The molecule has 1 aliphatic rings. The quantitative estimate of drug-likeness (QED) is 0.127. The number of anilines is 6. The molecule has 394 valence electrons. The first-order valence-electron chi connectivity index (χ1n) is 27.9. The van der Waals surface area contributed by atoms with E-state index in [1.165, 1.54) is 5.56 Å². The zero-order chi connectivity index (χ0) is 55.8. The van der Waals surface area contributed by atoms with E-state index in [4.69, 9.17) is 29.9 Å². The van der Waals surface area contributed by atoms with Gasteiger partial charge in [-0.05, 0) is 86.0 Å². The molecule has 3 aromatic heterocycles. The second-order valence-electron chi connectivity index (χ2n) is 20.9. The van der Waals surface area contributed by atoms with Crippen LogP contribution in [-0.4, -0.2) is 29.9 Å². The van der Waals surface area contributed by atoms with E-state index in [0.717, 1.165) is 129 Å². The maximum atomic E-state index is 5.67. The Morgan fingerprint density at radius 2 is 0.566 bits per heavy atom. The second-order valence-corrected chi connectivity index (χ2v) is 20.9. The average molecular weight is 1070 g/mol. The second kappa shape index (κ2) is 21.6. The zero-order valence-corrected chi connectivity index (χ0v) is 46.1. The highest BCUT2D eigenvalue weighted by atomic mass is 15.3. The Kier molecular flexibility index (Phi) is 13.1. The SMILES string of the molecule is Cc1cc(C)c(-c2cc(-c3cc(-c4ccccc4)nc(-c4ccccc4)n3)cc(-c3nc(-c4ccccc4)cc(-c4ccccc4)n3)c2N2c3ccccc3N(c3cc(-c4ccccc4)nc(-c4ccccc4)n3)c3ccccc32)c(C)c1. The van der Waals surface area contributed by atoms with Crippen LogP contribution < -0.4 is 9.80 Å². The van der Waals surface area contributed by atoms with Gasteiger partial charge in [-0.25, -0.2) is 29.9 Å². The monoisotopic (exact) mass is 1070 g/mol. The molecule has 1 aliphatic heterocycles. The average Bonchev–Trinajstić information content (AvgIpc) is 1.85. The van der Waals surface area contributed by atoms with Crippen LogP contribution in [0.15, 0.2) is 273 Å². The Bertz CT molecular complexity index is 4280. The van der Waals surface area contributed by atoms with Gasteiger partial charge in [0.05, 0.1) is 56.9 Å². The summed E-state index contributed by atoms with van der Waals surface area (Å²) in [6.45, 7) is 6.62. The molecule has 0 radical (unpaired) electrons. The Morgan fingerprint density at radius 3 is 0.976 bits per heavy atom. The predicted molar refractivity (Wildman–Crippen MR) is 339 cm³/mol. The van der Waals surface area contributed by atoms with Gasteiger partial charge in [-0.1, -0.05) is 224 Å². The summed E-state index contributed by atoms with van der Waals surface area (Å²) >= 11 is 0. The van der Waals surface area contributed by atoms with E-state index in [1.807, 2.05) is 60.7 Å². The van der Waals surface area contributed by atoms with E-state index < -0.39 is 0 Å². The standard InChI is InChI=1S/C75H54N8/c1-49-42-50(2)71(51(3)43-49)59-44-58(64-47-61(52-26-10-4-11-27-52)76-73(77-64)56-34-18-8-19-35-56)45-60(75-79-62(53-28-12-5-13-29-53)46-63(80-75)54-30-14-6-15-31-54)72(59)83-68-40-24-22-38-66(68)82(67-39-23-25-41-69(67)83)70-48-65(55-32-16-7-17-33-55)78-74(81-70)57-36-20-9-21-37-57/h4-48H,1-3H3. The highest BCUT2D eigenvalue weighted by molar-refractivity contribution is 6.08. The first-order valence-corrected chi connectivity index (χ1v) is 27.9. The smallest absolute Gasteiger partial charge is 0.162 e. The number of rotatable bonds is 11. The van der Waals surface area contributed by atoms with E-state index in [2.05, 4.69) is 243 Å². The number of hydrogen-bond donors (Lipinski definition) is 0. The number of aromatic nitrogens is 6. The van der Waals surface area contributed by atoms with Crippen LogP contribution in [0, 0.1) is 20.8 Å². The third-order valence-electron chi connectivity index (χ3n) is 15.3. The van der Waals surface area contributed by atoms with Gasteiger partial charge in [-0.15, -0.1) is 0 Å². The number of para-hydroxylation sites is 4. The van der Waals surface area contributed by atoms with Crippen molar-refractivity contribution in [1.29, 1.82) is 0 Å². The van der Waals surface area contributed by atoms with E-state index in [0.29, 0.717) is 17.5 Å². The number of nitrogens with zero attached hydrogens (tertiary/aromatic N) is 8. The van der Waals surface area contributed by atoms with Gasteiger partial charge in [0.2, 0.25) is 0 Å². The summed E-state index contributed by atoms with van der Waals surface area (Å²) < 4.78 is 0. The van der Waals surface area contributed by atoms with Crippen LogP contribution in [0.25, 0.3) is 102 Å². The van der Waals surface area contributed by atoms with Crippen molar-refractivity contribution >= 4 is 34.3 Å². The van der Waals surface area contributed by atoms with E-state index in [-0.39, 0.29) is 0 Å². The minimum Gasteiger partial charge on any atom is -0.305 e. The van der Waals surface area contributed by atoms with Crippen molar-refractivity contribution in [1.82, 2.24) is 29.9 Å². The fourth-order valence-corrected chi connectivity index (χ4v) is 11.6. The number of aryl methyl sites for hydroxylation is 3. The minimum absolute atomic E-state index is 0.555. The van der Waals surface area contributed by atoms with Crippen LogP contribution in [0.3, 0.4) is 0 Å². The molecular formula is C75H54N8. The van der Waals surface area contributed by atoms with Gasteiger partial charge >= 0.3 is 0 Å². The molecule has 83 heavy (non-hydrogen) atoms. The van der Waals surface area contributed by atoms with Gasteiger partial charge in [0.1, 0.15) is 5.82 Å². The highest BCUT2D eigenvalue weighted by Gasteiger charge is 2.36. The molecule has 0 N–H and O–H groups in total. The van der Waals surface area contributed by atoms with Crippen LogP contribution in [-0.2, 0) is 0 Å². The van der Waals surface area contributed by atoms with Crippen molar-refractivity contribution in [3.63, 3.8) is 0 Å². The third-order valence-corrected chi connectivity index (χ3v) is 15.3.